The number of benzene rings is 3. The topological polar surface area (TPSA) is 25.6 Å². The van der Waals surface area contributed by atoms with Crippen molar-refractivity contribution in [2.75, 3.05) is 33.4 Å². The van der Waals surface area contributed by atoms with Gasteiger partial charge in [0.2, 0.25) is 11.0 Å². The summed E-state index contributed by atoms with van der Waals surface area (Å²) in [6.07, 6.45) is 0.865. The van der Waals surface area contributed by atoms with Gasteiger partial charge < -0.3 is 14.4 Å². The van der Waals surface area contributed by atoms with Crippen LogP contribution in [0.4, 0.5) is 0 Å². The molecule has 166 valence electrons. The molecule has 0 radical (unpaired) electrons. The molecule has 3 aromatic carbocycles. The van der Waals surface area contributed by atoms with Gasteiger partial charge in [0.1, 0.15) is 25.2 Å². The molecule has 0 spiro atoms. The lowest BCUT2D eigenvalue weighted by Crippen LogP contribution is -2.31. The lowest BCUT2D eigenvalue weighted by molar-refractivity contribution is -0.617. The Kier molecular flexibility index (Phi) is 6.91. The van der Waals surface area contributed by atoms with Crippen molar-refractivity contribution in [2.45, 2.75) is 20.3 Å². The van der Waals surface area contributed by atoms with E-state index in [1.165, 1.54) is 32.9 Å². The molecule has 0 aliphatic rings. The summed E-state index contributed by atoms with van der Waals surface area (Å²) in [5.41, 5.74) is 4.97. The molecule has 1 heterocycles. The summed E-state index contributed by atoms with van der Waals surface area (Å²) < 4.78 is 13.9. The van der Waals surface area contributed by atoms with E-state index in [-0.39, 0.29) is 0 Å². The van der Waals surface area contributed by atoms with Gasteiger partial charge >= 0.3 is 0 Å². The Morgan fingerprint density at radius 3 is 2.28 bits per heavy atom. The first-order valence-electron chi connectivity index (χ1n) is 11.5. The molecule has 4 rings (SSSR count). The first-order valence-corrected chi connectivity index (χ1v) is 11.5. The zero-order chi connectivity index (χ0) is 22.5. The van der Waals surface area contributed by atoms with Crippen molar-refractivity contribution in [2.24, 2.45) is 7.05 Å². The lowest BCUT2D eigenvalue weighted by atomic mass is 9.96. The molecule has 4 aromatic rings. The van der Waals surface area contributed by atoms with Gasteiger partial charge in [-0.25, -0.2) is 0 Å². The van der Waals surface area contributed by atoms with Crippen LogP contribution in [-0.2, 0) is 13.5 Å². The average Bonchev–Trinajstić information content (AvgIpc) is 2.84. The number of nitrogens with zero attached hydrogens (tertiary/aromatic N) is 2. The van der Waals surface area contributed by atoms with E-state index in [1.807, 2.05) is 6.07 Å². The number of methoxy groups -OCH3 is 1. The number of rotatable bonds is 9. The molecular weight excluding hydrogens is 396 g/mol. The molecule has 0 atom stereocenters. The van der Waals surface area contributed by atoms with E-state index < -0.39 is 0 Å². The molecule has 32 heavy (non-hydrogen) atoms. The van der Waals surface area contributed by atoms with Gasteiger partial charge in [-0.1, -0.05) is 44.2 Å². The molecule has 0 N–H and O–H groups in total. The predicted octanol–water partition coefficient (Wildman–Crippen LogP) is 5.14. The smallest absolute Gasteiger partial charge is 0.216 e. The number of likely N-dealkylation sites (N-methyl/N-ethyl adjacent to an activating group) is 1. The number of ether oxygens (including phenoxy) is 2. The Morgan fingerprint density at radius 2 is 1.56 bits per heavy atom. The number of pyridine rings is 1. The highest BCUT2D eigenvalue weighted by atomic mass is 16.5. The zero-order valence-electron chi connectivity index (χ0n) is 19.6. The second kappa shape index (κ2) is 10.0. The van der Waals surface area contributed by atoms with Crippen LogP contribution in [0.15, 0.2) is 66.7 Å². The van der Waals surface area contributed by atoms with Gasteiger partial charge in [0.15, 0.2) is 0 Å². The maximum Gasteiger partial charge on any atom is 0.216 e. The quantitative estimate of drug-likeness (QED) is 0.272. The summed E-state index contributed by atoms with van der Waals surface area (Å²) in [4.78, 5) is 2.37. The van der Waals surface area contributed by atoms with E-state index in [4.69, 9.17) is 9.47 Å². The first-order chi connectivity index (χ1) is 15.6. The third-order valence-corrected chi connectivity index (χ3v) is 6.34. The van der Waals surface area contributed by atoms with Crippen LogP contribution >= 0.6 is 0 Å². The minimum absolute atomic E-state index is 0.693. The van der Waals surface area contributed by atoms with Crippen molar-refractivity contribution >= 4 is 21.8 Å². The fourth-order valence-corrected chi connectivity index (χ4v) is 4.41. The van der Waals surface area contributed by atoms with Gasteiger partial charge in [-0.05, 0) is 54.9 Å². The zero-order valence-corrected chi connectivity index (χ0v) is 19.6. The van der Waals surface area contributed by atoms with E-state index in [2.05, 4.69) is 91.0 Å². The van der Waals surface area contributed by atoms with Crippen LogP contribution in [0.3, 0.4) is 0 Å². The number of aryl methyl sites for hydroxylation is 1. The van der Waals surface area contributed by atoms with Crippen molar-refractivity contribution < 1.29 is 14.0 Å². The van der Waals surface area contributed by atoms with Crippen molar-refractivity contribution in [1.82, 2.24) is 4.90 Å². The van der Waals surface area contributed by atoms with Gasteiger partial charge in [0.25, 0.3) is 0 Å². The fraction of sp³-hybridized carbons (Fsp3) is 0.321. The minimum Gasteiger partial charge on any atom is -0.497 e. The molecule has 4 heteroatoms. The van der Waals surface area contributed by atoms with E-state index in [1.54, 1.807) is 7.11 Å². The molecule has 0 saturated heterocycles. The Labute approximate surface area is 191 Å². The van der Waals surface area contributed by atoms with E-state index in [0.717, 1.165) is 37.6 Å². The van der Waals surface area contributed by atoms with Gasteiger partial charge in [-0.15, -0.1) is 0 Å². The van der Waals surface area contributed by atoms with E-state index in [0.29, 0.717) is 6.61 Å². The second-order valence-corrected chi connectivity index (χ2v) is 8.14. The Morgan fingerprint density at radius 1 is 0.812 bits per heavy atom. The maximum absolute atomic E-state index is 6.13. The number of hydrogen-bond acceptors (Lipinski definition) is 3. The van der Waals surface area contributed by atoms with Gasteiger partial charge in [-0.3, -0.25) is 0 Å². The van der Waals surface area contributed by atoms with Crippen LogP contribution in [-0.4, -0.2) is 38.3 Å². The van der Waals surface area contributed by atoms with Crippen molar-refractivity contribution in [3.63, 3.8) is 0 Å². The normalized spacial score (nSPS) is 11.4. The SMILES string of the molecule is CCN(CC)CCOc1ccc2c(Cc3ccccc3)c3cc(OC)ccc3[n+](C)c2c1. The Balaban J connectivity index is 1.79. The highest BCUT2D eigenvalue weighted by Gasteiger charge is 2.19. The average molecular weight is 430 g/mol. The van der Waals surface area contributed by atoms with Crippen molar-refractivity contribution in [3.05, 3.63) is 77.9 Å². The maximum atomic E-state index is 6.13. The summed E-state index contributed by atoms with van der Waals surface area (Å²) in [6.45, 7) is 8.10. The van der Waals surface area contributed by atoms with Crippen LogP contribution in [0.5, 0.6) is 11.5 Å². The van der Waals surface area contributed by atoms with Crippen molar-refractivity contribution in [3.8, 4) is 11.5 Å². The second-order valence-electron chi connectivity index (χ2n) is 8.14. The predicted molar refractivity (Wildman–Crippen MR) is 132 cm³/mol. The minimum atomic E-state index is 0.693. The third-order valence-electron chi connectivity index (χ3n) is 6.34. The molecule has 0 aliphatic carbocycles. The van der Waals surface area contributed by atoms with Crippen LogP contribution < -0.4 is 14.0 Å². The number of aromatic nitrogens is 1. The first kappa shape index (κ1) is 22.1. The van der Waals surface area contributed by atoms with Crippen LogP contribution in [0.25, 0.3) is 21.8 Å². The Bertz CT molecular complexity index is 1200. The molecule has 4 nitrogen and oxygen atoms in total. The standard InChI is InChI=1S/C28H33N2O2/c1-5-30(6-2)16-17-32-23-12-14-24-25(18-21-10-8-7-9-11-21)26-19-22(31-4)13-15-27(26)29(3)28(24)20-23/h7-15,19-20H,5-6,16-18H2,1-4H3/q+1. The molecular formula is C28H33N2O2+. The summed E-state index contributed by atoms with van der Waals surface area (Å²) in [5.74, 6) is 1.79. The summed E-state index contributed by atoms with van der Waals surface area (Å²) in [6, 6.07) is 23.5. The van der Waals surface area contributed by atoms with Crippen LogP contribution in [0.1, 0.15) is 25.0 Å². The van der Waals surface area contributed by atoms with E-state index in [9.17, 15) is 0 Å². The van der Waals surface area contributed by atoms with Crippen molar-refractivity contribution in [1.29, 1.82) is 0 Å². The lowest BCUT2D eigenvalue weighted by Gasteiger charge is -2.18. The van der Waals surface area contributed by atoms with Gasteiger partial charge in [0.05, 0.1) is 23.9 Å². The molecule has 1 aromatic heterocycles. The molecule has 0 bridgehead atoms. The summed E-state index contributed by atoms with van der Waals surface area (Å²) in [7, 11) is 3.85. The van der Waals surface area contributed by atoms with Gasteiger partial charge in [0, 0.05) is 12.6 Å². The number of hydrogen-bond donors (Lipinski definition) is 0. The highest BCUT2D eigenvalue weighted by Crippen LogP contribution is 2.31. The fourth-order valence-electron chi connectivity index (χ4n) is 4.41. The highest BCUT2D eigenvalue weighted by molar-refractivity contribution is 5.95. The summed E-state index contributed by atoms with van der Waals surface area (Å²) in [5, 5.41) is 2.46. The Hall–Kier alpha value is -3.11. The van der Waals surface area contributed by atoms with Crippen LogP contribution in [0.2, 0.25) is 0 Å². The van der Waals surface area contributed by atoms with Crippen LogP contribution in [0, 0.1) is 0 Å². The largest absolute Gasteiger partial charge is 0.497 e. The monoisotopic (exact) mass is 429 g/mol. The molecule has 0 amide bonds. The number of fused-ring (bicyclic) bond motifs is 2. The molecule has 0 fully saturated rings. The third kappa shape index (κ3) is 4.56. The molecule has 0 unspecified atom stereocenters. The molecule has 0 saturated carbocycles. The molecule has 0 aliphatic heterocycles. The van der Waals surface area contributed by atoms with Gasteiger partial charge in [-0.2, -0.15) is 4.57 Å². The summed E-state index contributed by atoms with van der Waals surface area (Å²) >= 11 is 0. The van der Waals surface area contributed by atoms with E-state index >= 15 is 0 Å².